The molecule has 0 heterocycles. The molecule has 170 valence electrons. The van der Waals surface area contributed by atoms with E-state index >= 15 is 0 Å². The van der Waals surface area contributed by atoms with Crippen LogP contribution in [0.15, 0.2) is 12.1 Å². The van der Waals surface area contributed by atoms with Gasteiger partial charge in [-0.1, -0.05) is 60.6 Å². The van der Waals surface area contributed by atoms with Crippen molar-refractivity contribution in [2.45, 2.75) is 92.4 Å². The lowest BCUT2D eigenvalue weighted by molar-refractivity contribution is -0.159. The van der Waals surface area contributed by atoms with Gasteiger partial charge in [0.1, 0.15) is 19.0 Å². The van der Waals surface area contributed by atoms with Gasteiger partial charge >= 0.3 is 11.9 Å². The van der Waals surface area contributed by atoms with Crippen LogP contribution in [0.25, 0.3) is 0 Å². The van der Waals surface area contributed by atoms with Crippen molar-refractivity contribution in [1.82, 2.24) is 0 Å². The van der Waals surface area contributed by atoms with E-state index in [0.29, 0.717) is 18.6 Å². The molecule has 0 bridgehead atoms. The van der Waals surface area contributed by atoms with Crippen molar-refractivity contribution in [3.05, 3.63) is 28.8 Å². The number of esters is 2. The summed E-state index contributed by atoms with van der Waals surface area (Å²) in [4.78, 5) is 24.1. The molecule has 0 spiro atoms. The summed E-state index contributed by atoms with van der Waals surface area (Å²) in [7, 11) is 0. The van der Waals surface area contributed by atoms with Crippen molar-refractivity contribution in [2.24, 2.45) is 5.41 Å². The Balaban J connectivity index is 2.72. The fourth-order valence-corrected chi connectivity index (χ4v) is 2.93. The Morgan fingerprint density at radius 3 is 1.77 bits per heavy atom. The number of hydrogen-bond acceptors (Lipinski definition) is 5. The van der Waals surface area contributed by atoms with Gasteiger partial charge in [0.15, 0.2) is 0 Å². The van der Waals surface area contributed by atoms with Crippen LogP contribution in [0.1, 0.15) is 91.8 Å². The number of phenols is 1. The zero-order valence-electron chi connectivity index (χ0n) is 20.3. The van der Waals surface area contributed by atoms with Crippen LogP contribution in [0, 0.1) is 5.41 Å². The molecule has 1 N–H and O–H groups in total. The van der Waals surface area contributed by atoms with Gasteiger partial charge in [-0.05, 0) is 54.2 Å². The maximum atomic E-state index is 12.1. The largest absolute Gasteiger partial charge is 0.507 e. The molecule has 0 aliphatic heterocycles. The molecule has 0 amide bonds. The molecule has 0 saturated carbocycles. The summed E-state index contributed by atoms with van der Waals surface area (Å²) in [5.41, 5.74) is 1.80. The minimum Gasteiger partial charge on any atom is -0.507 e. The fourth-order valence-electron chi connectivity index (χ4n) is 2.93. The standard InChI is InChI=1S/C25H40O5/c1-10-25(8,9)22(28)30-14-13-29-20(26)12-11-17-15-18(23(2,3)4)21(27)19(16-17)24(5,6)7/h15-16,27H,10-14H2,1-9H3. The van der Waals surface area contributed by atoms with Gasteiger partial charge in [0.2, 0.25) is 0 Å². The zero-order valence-corrected chi connectivity index (χ0v) is 20.3. The molecule has 0 radical (unpaired) electrons. The second-order valence-corrected chi connectivity index (χ2v) is 10.6. The molecule has 5 nitrogen and oxygen atoms in total. The normalized spacial score (nSPS) is 12.6. The average Bonchev–Trinajstić information content (AvgIpc) is 2.62. The number of phenolic OH excluding ortho intramolecular Hbond substituents is 1. The SMILES string of the molecule is CCC(C)(C)C(=O)OCCOC(=O)CCc1cc(C(C)(C)C)c(O)c(C(C)(C)C)c1. The molecular formula is C25H40O5. The summed E-state index contributed by atoms with van der Waals surface area (Å²) >= 11 is 0. The Labute approximate surface area is 182 Å². The summed E-state index contributed by atoms with van der Waals surface area (Å²) < 4.78 is 10.4. The van der Waals surface area contributed by atoms with E-state index in [2.05, 4.69) is 41.5 Å². The Hall–Kier alpha value is -2.04. The Morgan fingerprint density at radius 1 is 0.867 bits per heavy atom. The number of ether oxygens (including phenoxy) is 2. The van der Waals surface area contributed by atoms with Gasteiger partial charge in [-0.25, -0.2) is 0 Å². The first kappa shape index (κ1) is 26.0. The molecular weight excluding hydrogens is 380 g/mol. The van der Waals surface area contributed by atoms with Crippen molar-refractivity contribution in [3.63, 3.8) is 0 Å². The molecule has 1 aromatic rings. The first-order valence-electron chi connectivity index (χ1n) is 10.8. The molecule has 0 aromatic heterocycles. The summed E-state index contributed by atoms with van der Waals surface area (Å²) in [5.74, 6) is -0.281. The van der Waals surface area contributed by atoms with Gasteiger partial charge in [-0.2, -0.15) is 0 Å². The van der Waals surface area contributed by atoms with Crippen LogP contribution in [-0.2, 0) is 36.3 Å². The highest BCUT2D eigenvalue weighted by Crippen LogP contribution is 2.40. The van der Waals surface area contributed by atoms with Crippen LogP contribution in [0.4, 0.5) is 0 Å². The molecule has 0 aliphatic rings. The predicted octanol–water partition coefficient (Wildman–Crippen LogP) is 5.44. The van der Waals surface area contributed by atoms with E-state index in [9.17, 15) is 14.7 Å². The van der Waals surface area contributed by atoms with Gasteiger partial charge in [0.25, 0.3) is 0 Å². The van der Waals surface area contributed by atoms with Crippen molar-refractivity contribution in [3.8, 4) is 5.75 Å². The number of benzene rings is 1. The lowest BCUT2D eigenvalue weighted by Crippen LogP contribution is -2.27. The maximum absolute atomic E-state index is 12.1. The summed E-state index contributed by atoms with van der Waals surface area (Å²) in [6, 6.07) is 3.96. The highest BCUT2D eigenvalue weighted by Gasteiger charge is 2.28. The lowest BCUT2D eigenvalue weighted by atomic mass is 9.78. The summed E-state index contributed by atoms with van der Waals surface area (Å²) in [6.45, 7) is 18.1. The van der Waals surface area contributed by atoms with Crippen LogP contribution in [0.2, 0.25) is 0 Å². The molecule has 0 saturated heterocycles. The van der Waals surface area contributed by atoms with Crippen molar-refractivity contribution >= 4 is 11.9 Å². The van der Waals surface area contributed by atoms with Gasteiger partial charge < -0.3 is 14.6 Å². The highest BCUT2D eigenvalue weighted by atomic mass is 16.6. The first-order chi connectivity index (χ1) is 13.6. The third-order valence-corrected chi connectivity index (χ3v) is 5.42. The van der Waals surface area contributed by atoms with Crippen LogP contribution >= 0.6 is 0 Å². The number of rotatable bonds is 8. The van der Waals surface area contributed by atoms with E-state index in [1.54, 1.807) is 0 Å². The van der Waals surface area contributed by atoms with E-state index in [1.165, 1.54) is 0 Å². The number of aryl methyl sites for hydroxylation is 1. The van der Waals surface area contributed by atoms with E-state index in [1.807, 2.05) is 32.9 Å². The highest BCUT2D eigenvalue weighted by molar-refractivity contribution is 5.75. The monoisotopic (exact) mass is 420 g/mol. The van der Waals surface area contributed by atoms with E-state index in [4.69, 9.17) is 9.47 Å². The minimum absolute atomic E-state index is 0.0560. The third-order valence-electron chi connectivity index (χ3n) is 5.42. The van der Waals surface area contributed by atoms with E-state index in [0.717, 1.165) is 16.7 Å². The molecule has 0 unspecified atom stereocenters. The number of carbonyl (C=O) groups is 2. The summed E-state index contributed by atoms with van der Waals surface area (Å²) in [6.07, 6.45) is 1.44. The smallest absolute Gasteiger partial charge is 0.311 e. The van der Waals surface area contributed by atoms with Gasteiger partial charge in [-0.3, -0.25) is 9.59 Å². The van der Waals surface area contributed by atoms with Gasteiger partial charge in [0, 0.05) is 6.42 Å². The van der Waals surface area contributed by atoms with Crippen LogP contribution < -0.4 is 0 Å². The predicted molar refractivity (Wildman–Crippen MR) is 120 cm³/mol. The molecule has 0 fully saturated rings. The van der Waals surface area contributed by atoms with Crippen LogP contribution in [0.3, 0.4) is 0 Å². The molecule has 1 aromatic carbocycles. The lowest BCUT2D eigenvalue weighted by Gasteiger charge is -2.28. The number of aromatic hydroxyl groups is 1. The van der Waals surface area contributed by atoms with Crippen molar-refractivity contribution in [1.29, 1.82) is 0 Å². The summed E-state index contributed by atoms with van der Waals surface area (Å²) in [5, 5.41) is 10.8. The van der Waals surface area contributed by atoms with Crippen LogP contribution in [0.5, 0.6) is 5.75 Å². The minimum atomic E-state index is -0.529. The second-order valence-electron chi connectivity index (χ2n) is 10.6. The number of carbonyl (C=O) groups excluding carboxylic acids is 2. The van der Waals surface area contributed by atoms with Crippen LogP contribution in [-0.4, -0.2) is 30.3 Å². The maximum Gasteiger partial charge on any atom is 0.311 e. The Morgan fingerprint density at radius 2 is 1.33 bits per heavy atom. The first-order valence-corrected chi connectivity index (χ1v) is 10.8. The van der Waals surface area contributed by atoms with E-state index in [-0.39, 0.29) is 42.4 Å². The zero-order chi connectivity index (χ0) is 23.3. The third kappa shape index (κ3) is 7.33. The molecule has 0 aliphatic carbocycles. The van der Waals surface area contributed by atoms with Crippen molar-refractivity contribution in [2.75, 3.05) is 13.2 Å². The fraction of sp³-hybridized carbons (Fsp3) is 0.680. The Kier molecular flexibility index (Phi) is 8.53. The second kappa shape index (κ2) is 9.84. The molecule has 5 heteroatoms. The molecule has 1 rings (SSSR count). The van der Waals surface area contributed by atoms with Crippen molar-refractivity contribution < 1.29 is 24.2 Å². The molecule has 30 heavy (non-hydrogen) atoms. The topological polar surface area (TPSA) is 72.8 Å². The average molecular weight is 421 g/mol. The quantitative estimate of drug-likeness (QED) is 0.448. The van der Waals surface area contributed by atoms with Gasteiger partial charge in [0.05, 0.1) is 5.41 Å². The van der Waals surface area contributed by atoms with E-state index < -0.39 is 5.41 Å². The van der Waals surface area contributed by atoms with Gasteiger partial charge in [-0.15, -0.1) is 0 Å². The molecule has 0 atom stereocenters. The Bertz CT molecular complexity index is 713. The number of hydrogen-bond donors (Lipinski definition) is 1.